The van der Waals surface area contributed by atoms with E-state index in [0.717, 1.165) is 12.1 Å². The van der Waals surface area contributed by atoms with Gasteiger partial charge in [-0.15, -0.1) is 11.6 Å². The molecule has 1 N–H and O–H groups in total. The number of nitro benzene ring substituents is 1. The van der Waals surface area contributed by atoms with Gasteiger partial charge in [0.05, 0.1) is 11.5 Å². The fourth-order valence-corrected chi connectivity index (χ4v) is 1.26. The number of nitrogens with zero attached hydrogens (tertiary/aromatic N) is 1. The van der Waals surface area contributed by atoms with Gasteiger partial charge in [-0.1, -0.05) is 0 Å². The molecule has 1 amide bonds. The monoisotopic (exact) mass is 276 g/mol. The van der Waals surface area contributed by atoms with E-state index in [2.05, 4.69) is 5.32 Å². The third-order valence-corrected chi connectivity index (χ3v) is 2.04. The highest BCUT2D eigenvalue weighted by Crippen LogP contribution is 2.20. The Morgan fingerprint density at radius 2 is 2.28 bits per heavy atom. The van der Waals surface area contributed by atoms with Gasteiger partial charge in [-0.3, -0.25) is 14.9 Å². The number of ether oxygens (including phenoxy) is 1. The molecule has 1 aromatic rings. The van der Waals surface area contributed by atoms with E-state index in [1.807, 2.05) is 0 Å². The van der Waals surface area contributed by atoms with Crippen molar-refractivity contribution in [3.05, 3.63) is 34.1 Å². The first-order valence-corrected chi connectivity index (χ1v) is 5.45. The Morgan fingerprint density at radius 1 is 1.56 bits per heavy atom. The molecule has 98 valence electrons. The fraction of sp³-hybridized carbons (Fsp3) is 0.300. The Morgan fingerprint density at radius 3 is 2.83 bits per heavy atom. The van der Waals surface area contributed by atoms with Gasteiger partial charge in [0.15, 0.2) is 0 Å². The summed E-state index contributed by atoms with van der Waals surface area (Å²) in [7, 11) is 0. The van der Waals surface area contributed by atoms with Crippen LogP contribution < -0.4 is 5.32 Å². The maximum Gasteiger partial charge on any atom is 0.304 e. The third-order valence-electron chi connectivity index (χ3n) is 1.88. The second kappa shape index (κ2) is 6.87. The summed E-state index contributed by atoms with van der Waals surface area (Å²) in [4.78, 5) is 20.8. The number of halogens is 2. The molecule has 0 spiro atoms. The first-order chi connectivity index (χ1) is 8.54. The Bertz CT molecular complexity index is 456. The molecule has 1 rings (SSSR count). The molecule has 6 nitrogen and oxygen atoms in total. The summed E-state index contributed by atoms with van der Waals surface area (Å²) in [6.07, 6.45) is 0. The van der Waals surface area contributed by atoms with Crippen molar-refractivity contribution >= 4 is 28.9 Å². The van der Waals surface area contributed by atoms with Crippen molar-refractivity contribution < 1.29 is 18.8 Å². The zero-order valence-electron chi connectivity index (χ0n) is 9.19. The first kappa shape index (κ1) is 14.3. The number of hydrogen-bond acceptors (Lipinski definition) is 4. The molecule has 0 heterocycles. The van der Waals surface area contributed by atoms with Gasteiger partial charge in [-0.25, -0.2) is 0 Å². The van der Waals surface area contributed by atoms with E-state index >= 15 is 0 Å². The fourth-order valence-electron chi connectivity index (χ4n) is 1.15. The number of rotatable bonds is 6. The van der Waals surface area contributed by atoms with Crippen molar-refractivity contribution in [1.82, 2.24) is 0 Å². The number of hydrogen-bond donors (Lipinski definition) is 1. The van der Waals surface area contributed by atoms with E-state index < -0.39 is 22.3 Å². The van der Waals surface area contributed by atoms with Gasteiger partial charge >= 0.3 is 5.69 Å². The summed E-state index contributed by atoms with van der Waals surface area (Å²) in [5.41, 5.74) is -0.524. The van der Waals surface area contributed by atoms with Crippen LogP contribution in [0.5, 0.6) is 0 Å². The number of benzene rings is 1. The van der Waals surface area contributed by atoms with Crippen LogP contribution in [0.3, 0.4) is 0 Å². The second-order valence-electron chi connectivity index (χ2n) is 3.21. The number of alkyl halides is 1. The smallest absolute Gasteiger partial charge is 0.304 e. The molecule has 8 heteroatoms. The van der Waals surface area contributed by atoms with Crippen LogP contribution >= 0.6 is 11.6 Å². The Labute approximate surface area is 107 Å². The van der Waals surface area contributed by atoms with Gasteiger partial charge in [0.25, 0.3) is 0 Å². The van der Waals surface area contributed by atoms with Crippen molar-refractivity contribution in [3.8, 4) is 0 Å². The molecule has 0 saturated heterocycles. The number of anilines is 1. The van der Waals surface area contributed by atoms with Crippen molar-refractivity contribution in [2.45, 2.75) is 0 Å². The van der Waals surface area contributed by atoms with Crippen LogP contribution in [0.4, 0.5) is 15.8 Å². The number of nitro groups is 1. The molecule has 0 aliphatic rings. The summed E-state index contributed by atoms with van der Waals surface area (Å²) >= 11 is 5.34. The van der Waals surface area contributed by atoms with Crippen molar-refractivity contribution in [2.75, 3.05) is 24.4 Å². The highest BCUT2D eigenvalue weighted by Gasteiger charge is 2.14. The van der Waals surface area contributed by atoms with Crippen LogP contribution in [0.1, 0.15) is 0 Å². The molecule has 0 unspecified atom stereocenters. The average Bonchev–Trinajstić information content (AvgIpc) is 2.28. The lowest BCUT2D eigenvalue weighted by atomic mass is 10.2. The largest absolute Gasteiger partial charge is 0.370 e. The van der Waals surface area contributed by atoms with Crippen LogP contribution in [0.25, 0.3) is 0 Å². The minimum absolute atomic E-state index is 0.123. The normalized spacial score (nSPS) is 10.1. The van der Waals surface area contributed by atoms with Gasteiger partial charge in [0, 0.05) is 23.7 Å². The Kier molecular flexibility index (Phi) is 5.47. The molecule has 0 bridgehead atoms. The van der Waals surface area contributed by atoms with Crippen LogP contribution in [-0.2, 0) is 9.53 Å². The molecular weight excluding hydrogens is 267 g/mol. The van der Waals surface area contributed by atoms with Gasteiger partial charge in [-0.05, 0) is 6.07 Å². The number of carbonyl (C=O) groups is 1. The van der Waals surface area contributed by atoms with Crippen molar-refractivity contribution in [3.63, 3.8) is 0 Å². The molecule has 18 heavy (non-hydrogen) atoms. The maximum absolute atomic E-state index is 13.2. The summed E-state index contributed by atoms with van der Waals surface area (Å²) in [6, 6.07) is 3.09. The second-order valence-corrected chi connectivity index (χ2v) is 3.59. The van der Waals surface area contributed by atoms with Gasteiger partial charge < -0.3 is 10.1 Å². The Hall–Kier alpha value is -1.73. The summed E-state index contributed by atoms with van der Waals surface area (Å²) < 4.78 is 18.1. The third kappa shape index (κ3) is 4.27. The number of carbonyl (C=O) groups excluding carboxylic acids is 1. The predicted molar refractivity (Wildman–Crippen MR) is 63.2 cm³/mol. The maximum atomic E-state index is 13.2. The van der Waals surface area contributed by atoms with E-state index in [0.29, 0.717) is 0 Å². The SMILES string of the molecule is O=C(COCCCl)Nc1ccc([N+](=O)[O-])c(F)c1. The first-order valence-electron chi connectivity index (χ1n) is 4.92. The van der Waals surface area contributed by atoms with E-state index in [9.17, 15) is 19.3 Å². The summed E-state index contributed by atoms with van der Waals surface area (Å²) in [6.45, 7) is 0.00885. The highest BCUT2D eigenvalue weighted by atomic mass is 35.5. The van der Waals surface area contributed by atoms with E-state index in [-0.39, 0.29) is 24.8 Å². The zero-order valence-corrected chi connectivity index (χ0v) is 9.95. The van der Waals surface area contributed by atoms with E-state index in [4.69, 9.17) is 16.3 Å². The van der Waals surface area contributed by atoms with Crippen LogP contribution in [0.15, 0.2) is 18.2 Å². The van der Waals surface area contributed by atoms with Crippen molar-refractivity contribution in [2.24, 2.45) is 0 Å². The molecule has 0 atom stereocenters. The van der Waals surface area contributed by atoms with E-state index in [1.54, 1.807) is 0 Å². The molecule has 0 fully saturated rings. The van der Waals surface area contributed by atoms with Crippen LogP contribution in [0, 0.1) is 15.9 Å². The van der Waals surface area contributed by atoms with Gasteiger partial charge in [0.1, 0.15) is 6.61 Å². The minimum Gasteiger partial charge on any atom is -0.370 e. The molecular formula is C10H10ClFN2O4. The zero-order chi connectivity index (χ0) is 13.5. The van der Waals surface area contributed by atoms with Crippen molar-refractivity contribution in [1.29, 1.82) is 0 Å². The molecule has 0 aromatic heterocycles. The van der Waals surface area contributed by atoms with Crippen LogP contribution in [0.2, 0.25) is 0 Å². The standard InChI is InChI=1S/C10H10ClFN2O4/c11-3-4-18-6-10(15)13-7-1-2-9(14(16)17)8(12)5-7/h1-2,5H,3-4,6H2,(H,13,15). The van der Waals surface area contributed by atoms with Gasteiger partial charge in [0.2, 0.25) is 11.7 Å². The molecule has 0 aliphatic heterocycles. The topological polar surface area (TPSA) is 81.5 Å². The lowest BCUT2D eigenvalue weighted by Crippen LogP contribution is -2.19. The summed E-state index contributed by atoms with van der Waals surface area (Å²) in [5, 5.41) is 12.7. The number of nitrogens with one attached hydrogen (secondary N) is 1. The lowest BCUT2D eigenvalue weighted by Gasteiger charge is -2.05. The van der Waals surface area contributed by atoms with Crippen LogP contribution in [-0.4, -0.2) is 29.9 Å². The molecule has 0 saturated carbocycles. The van der Waals surface area contributed by atoms with Gasteiger partial charge in [-0.2, -0.15) is 4.39 Å². The highest BCUT2D eigenvalue weighted by molar-refractivity contribution is 6.18. The number of amides is 1. The quantitative estimate of drug-likeness (QED) is 0.372. The molecule has 0 aliphatic carbocycles. The average molecular weight is 277 g/mol. The summed E-state index contributed by atoms with van der Waals surface area (Å²) in [5.74, 6) is -1.24. The molecule has 0 radical (unpaired) electrons. The molecule has 1 aromatic carbocycles. The minimum atomic E-state index is -1.01. The lowest BCUT2D eigenvalue weighted by molar-refractivity contribution is -0.387. The predicted octanol–water partition coefficient (Wildman–Crippen LogP) is 1.93. The van der Waals surface area contributed by atoms with E-state index in [1.165, 1.54) is 6.07 Å². The Balaban J connectivity index is 2.60.